The number of hydrogen-bond acceptors (Lipinski definition) is 3. The average molecular weight is 404 g/mol. The Kier molecular flexibility index (Phi) is 9.84. The van der Waals surface area contributed by atoms with Crippen molar-refractivity contribution in [3.63, 3.8) is 0 Å². The zero-order chi connectivity index (χ0) is 22.4. The fourth-order valence-electron chi connectivity index (χ4n) is 4.54. The van der Waals surface area contributed by atoms with Crippen LogP contribution in [0, 0.1) is 6.92 Å². The minimum absolute atomic E-state index is 0.207. The van der Waals surface area contributed by atoms with Crippen molar-refractivity contribution >= 4 is 5.91 Å². The van der Waals surface area contributed by atoms with Crippen LogP contribution >= 0.6 is 0 Å². The fourth-order valence-corrected chi connectivity index (χ4v) is 4.54. The number of benzene rings is 1. The van der Waals surface area contributed by atoms with Gasteiger partial charge in [-0.1, -0.05) is 29.8 Å². The number of rotatable bonds is 12. The van der Waals surface area contributed by atoms with Crippen LogP contribution in [0.15, 0.2) is 24.3 Å². The van der Waals surface area contributed by atoms with Crippen molar-refractivity contribution in [3.05, 3.63) is 35.4 Å². The van der Waals surface area contributed by atoms with Crippen LogP contribution in [0.1, 0.15) is 79.4 Å². The number of nitrogens with two attached hydrogens (primary N) is 1. The molecule has 0 atom stereocenters. The smallest absolute Gasteiger partial charge is 0.228 e. The van der Waals surface area contributed by atoms with Gasteiger partial charge in [-0.2, -0.15) is 0 Å². The largest absolute Gasteiger partial charge is 0.369 e. The molecule has 0 heterocycles. The van der Waals surface area contributed by atoms with Gasteiger partial charge in [0.25, 0.3) is 0 Å². The lowest BCUT2D eigenvalue weighted by Gasteiger charge is -2.39. The SMILES string of the molecule is Cc1ccc(C(CCN(C(C)C)C(C)C)(CCN(C(C)C)C(C)C)C(N)=O)cc1. The van der Waals surface area contributed by atoms with Crippen LogP contribution in [-0.2, 0) is 10.2 Å². The molecule has 0 fully saturated rings. The van der Waals surface area contributed by atoms with Crippen LogP contribution in [0.3, 0.4) is 0 Å². The molecule has 0 radical (unpaired) electrons. The monoisotopic (exact) mass is 403 g/mol. The topological polar surface area (TPSA) is 49.6 Å². The molecule has 0 spiro atoms. The minimum atomic E-state index is -0.655. The second kappa shape index (κ2) is 11.1. The number of carbonyl (C=O) groups excluding carboxylic acids is 1. The third kappa shape index (κ3) is 6.82. The van der Waals surface area contributed by atoms with Gasteiger partial charge in [0, 0.05) is 37.3 Å². The van der Waals surface area contributed by atoms with E-state index in [0.717, 1.165) is 31.5 Å². The maximum absolute atomic E-state index is 13.0. The van der Waals surface area contributed by atoms with Crippen molar-refractivity contribution in [2.24, 2.45) is 5.73 Å². The molecule has 0 saturated carbocycles. The normalized spacial score (nSPS) is 12.9. The zero-order valence-electron chi connectivity index (χ0n) is 20.3. The summed E-state index contributed by atoms with van der Waals surface area (Å²) < 4.78 is 0. The predicted octanol–water partition coefficient (Wildman–Crippen LogP) is 4.74. The molecule has 0 unspecified atom stereocenters. The Labute approximate surface area is 179 Å². The molecule has 0 aromatic heterocycles. The van der Waals surface area contributed by atoms with Crippen molar-refractivity contribution < 1.29 is 4.79 Å². The summed E-state index contributed by atoms with van der Waals surface area (Å²) in [7, 11) is 0. The molecule has 1 aromatic carbocycles. The molecule has 4 heteroatoms. The Balaban J connectivity index is 3.29. The number of carbonyl (C=O) groups is 1. The van der Waals surface area contributed by atoms with Gasteiger partial charge < -0.3 is 5.73 Å². The van der Waals surface area contributed by atoms with Crippen molar-refractivity contribution in [2.75, 3.05) is 13.1 Å². The van der Waals surface area contributed by atoms with Crippen molar-refractivity contribution in [3.8, 4) is 0 Å². The average Bonchev–Trinajstić information content (AvgIpc) is 2.59. The number of primary amides is 1. The number of hydrogen-bond donors (Lipinski definition) is 1. The Bertz CT molecular complexity index is 579. The van der Waals surface area contributed by atoms with Crippen molar-refractivity contribution in [2.45, 2.75) is 105 Å². The fraction of sp³-hybridized carbons (Fsp3) is 0.720. The molecule has 0 aliphatic carbocycles. The lowest BCUT2D eigenvalue weighted by Crippen LogP contribution is -2.49. The summed E-state index contributed by atoms with van der Waals surface area (Å²) in [5, 5.41) is 0. The number of amides is 1. The van der Waals surface area contributed by atoms with Gasteiger partial charge in [-0.05, 0) is 80.7 Å². The Morgan fingerprint density at radius 3 is 1.41 bits per heavy atom. The van der Waals surface area contributed by atoms with Gasteiger partial charge in [-0.3, -0.25) is 14.6 Å². The zero-order valence-corrected chi connectivity index (χ0v) is 20.3. The maximum atomic E-state index is 13.0. The van der Waals surface area contributed by atoms with E-state index in [0.29, 0.717) is 24.2 Å². The lowest BCUT2D eigenvalue weighted by molar-refractivity contribution is -0.124. The molecular weight excluding hydrogens is 358 g/mol. The molecule has 0 saturated heterocycles. The van der Waals surface area contributed by atoms with E-state index in [1.54, 1.807) is 0 Å². The van der Waals surface area contributed by atoms with Gasteiger partial charge >= 0.3 is 0 Å². The van der Waals surface area contributed by atoms with Gasteiger partial charge in [-0.25, -0.2) is 0 Å². The Hall–Kier alpha value is -1.39. The van der Waals surface area contributed by atoms with Crippen LogP contribution in [0.2, 0.25) is 0 Å². The van der Waals surface area contributed by atoms with Crippen LogP contribution in [0.25, 0.3) is 0 Å². The molecule has 1 aromatic rings. The molecule has 0 aliphatic rings. The van der Waals surface area contributed by atoms with Gasteiger partial charge in [0.15, 0.2) is 0 Å². The highest BCUT2D eigenvalue weighted by atomic mass is 16.1. The van der Waals surface area contributed by atoms with Crippen molar-refractivity contribution in [1.29, 1.82) is 0 Å². The van der Waals surface area contributed by atoms with E-state index < -0.39 is 5.41 Å². The maximum Gasteiger partial charge on any atom is 0.228 e. The molecule has 29 heavy (non-hydrogen) atoms. The molecule has 1 amide bonds. The van der Waals surface area contributed by atoms with Crippen LogP contribution in [0.5, 0.6) is 0 Å². The third-order valence-electron chi connectivity index (χ3n) is 6.32. The highest BCUT2D eigenvalue weighted by Gasteiger charge is 2.39. The summed E-state index contributed by atoms with van der Waals surface area (Å²) in [6.45, 7) is 21.5. The summed E-state index contributed by atoms with van der Waals surface area (Å²) in [4.78, 5) is 17.9. The Morgan fingerprint density at radius 2 is 1.14 bits per heavy atom. The summed E-state index contributed by atoms with van der Waals surface area (Å²) in [6, 6.07) is 10.1. The molecule has 1 rings (SSSR count). The lowest BCUT2D eigenvalue weighted by atomic mass is 9.73. The quantitative estimate of drug-likeness (QED) is 0.548. The van der Waals surface area contributed by atoms with E-state index in [9.17, 15) is 4.79 Å². The van der Waals surface area contributed by atoms with Gasteiger partial charge in [0.1, 0.15) is 0 Å². The summed E-state index contributed by atoms with van der Waals surface area (Å²) in [5.41, 5.74) is 7.74. The molecule has 0 aliphatic heterocycles. The molecule has 166 valence electrons. The van der Waals surface area contributed by atoms with Crippen LogP contribution in [0.4, 0.5) is 0 Å². The van der Waals surface area contributed by atoms with E-state index in [-0.39, 0.29) is 5.91 Å². The standard InChI is InChI=1S/C25H45N3O/c1-18(2)27(19(3)4)16-14-25(24(26)29,23-12-10-22(9)11-13-23)15-17-28(20(5)6)21(7)8/h10-13,18-21H,14-17H2,1-9H3,(H2,26,29). The van der Waals surface area contributed by atoms with E-state index in [4.69, 9.17) is 5.73 Å². The first-order valence-electron chi connectivity index (χ1n) is 11.3. The molecule has 0 bridgehead atoms. The minimum Gasteiger partial charge on any atom is -0.369 e. The molecule has 4 nitrogen and oxygen atoms in total. The van der Waals surface area contributed by atoms with E-state index >= 15 is 0 Å². The van der Waals surface area contributed by atoms with Gasteiger partial charge in [0.05, 0.1) is 5.41 Å². The first-order chi connectivity index (χ1) is 13.4. The number of nitrogens with zero attached hydrogens (tertiary/aromatic N) is 2. The predicted molar refractivity (Wildman–Crippen MR) is 125 cm³/mol. The summed E-state index contributed by atoms with van der Waals surface area (Å²) in [5.74, 6) is -0.207. The first-order valence-corrected chi connectivity index (χ1v) is 11.3. The highest BCUT2D eigenvalue weighted by Crippen LogP contribution is 2.34. The Morgan fingerprint density at radius 1 is 0.793 bits per heavy atom. The summed E-state index contributed by atoms with van der Waals surface area (Å²) in [6.07, 6.45) is 1.48. The summed E-state index contributed by atoms with van der Waals surface area (Å²) >= 11 is 0. The molecule has 2 N–H and O–H groups in total. The second-order valence-corrected chi connectivity index (χ2v) is 9.66. The van der Waals surface area contributed by atoms with E-state index in [2.05, 4.69) is 96.4 Å². The van der Waals surface area contributed by atoms with E-state index in [1.807, 2.05) is 0 Å². The van der Waals surface area contributed by atoms with Crippen molar-refractivity contribution in [1.82, 2.24) is 9.80 Å². The first kappa shape index (κ1) is 25.6. The third-order valence-corrected chi connectivity index (χ3v) is 6.32. The molecular formula is C25H45N3O. The highest BCUT2D eigenvalue weighted by molar-refractivity contribution is 5.86. The number of aryl methyl sites for hydroxylation is 1. The van der Waals surface area contributed by atoms with E-state index in [1.165, 1.54) is 5.56 Å². The second-order valence-electron chi connectivity index (χ2n) is 9.66. The van der Waals surface area contributed by atoms with Gasteiger partial charge in [0.2, 0.25) is 5.91 Å². The van der Waals surface area contributed by atoms with Crippen LogP contribution < -0.4 is 5.73 Å². The van der Waals surface area contributed by atoms with Gasteiger partial charge in [-0.15, -0.1) is 0 Å². The van der Waals surface area contributed by atoms with Crippen LogP contribution in [-0.4, -0.2) is 53.0 Å².